The van der Waals surface area contributed by atoms with Gasteiger partial charge in [-0.25, -0.2) is 10.3 Å². The van der Waals surface area contributed by atoms with Gasteiger partial charge in [-0.1, -0.05) is 56.0 Å². The molecule has 0 spiro atoms. The minimum atomic E-state index is -1.14. The number of nitrogens with two attached hydrogens (primary N) is 1. The summed E-state index contributed by atoms with van der Waals surface area (Å²) in [6.45, 7) is 0.755. The molecule has 0 aromatic heterocycles. The molecular formula is C42H64N10O10S. The van der Waals surface area contributed by atoms with Gasteiger partial charge in [0.05, 0.1) is 25.2 Å². The van der Waals surface area contributed by atoms with Crippen molar-refractivity contribution in [2.24, 2.45) is 17.6 Å². The predicted molar refractivity (Wildman–Crippen MR) is 232 cm³/mol. The Labute approximate surface area is 371 Å². The molecule has 1 aliphatic carbocycles. The Kier molecular flexibility index (Phi) is 20.9. The van der Waals surface area contributed by atoms with E-state index in [0.29, 0.717) is 31.1 Å². The van der Waals surface area contributed by atoms with Crippen molar-refractivity contribution in [1.82, 2.24) is 48.0 Å². The molecular weight excluding hydrogens is 837 g/mol. The summed E-state index contributed by atoms with van der Waals surface area (Å²) in [5.41, 5.74) is 7.81. The Bertz CT molecular complexity index is 1750. The molecule has 1 aromatic rings. The second kappa shape index (κ2) is 26.2. The number of hydrogen-bond donors (Lipinski definition) is 11. The standard InChI is InChI=1S/C42H64N10O10S/c1-25(47-41(60)30(20-26-12-4-2-5-13-26)49-40(59)28(21-34(54)52-62)27-14-6-3-7-15-27)39(58)46-22-35(55)45-23-36(56)48-29(38(43)57)16-10-11-19-44-33(53)18-9-8-17-32-37-31(24-63-32)50-42(61)51-37/h2,4-5,12-13,25,27-32,37,62H,3,6-11,14-24H2,1H3,(H2,43,57)(H,44,53)(H,45,55)(H,46,58)(H,47,60)(H,48,56)(H,49,59)(H,52,54)(H2,50,51,61)/t25-,28?,29-,30-,31-,32-,37-/m0/s1. The zero-order valence-electron chi connectivity index (χ0n) is 35.8. The first-order valence-electron chi connectivity index (χ1n) is 21.9. The van der Waals surface area contributed by atoms with Gasteiger partial charge in [0.25, 0.3) is 0 Å². The molecule has 1 saturated carbocycles. The maximum Gasteiger partial charge on any atom is 0.315 e. The molecule has 63 heavy (non-hydrogen) atoms. The third kappa shape index (κ3) is 17.3. The first kappa shape index (κ1) is 50.2. The van der Waals surface area contributed by atoms with Crippen LogP contribution in [0, 0.1) is 11.8 Å². The van der Waals surface area contributed by atoms with E-state index >= 15 is 0 Å². The molecule has 1 aromatic carbocycles. The number of rotatable bonds is 26. The average molecular weight is 901 g/mol. The number of amides is 10. The van der Waals surface area contributed by atoms with Crippen molar-refractivity contribution in [3.63, 3.8) is 0 Å². The lowest BCUT2D eigenvalue weighted by Gasteiger charge is -2.30. The van der Waals surface area contributed by atoms with Gasteiger partial charge < -0.3 is 48.3 Å². The maximum absolute atomic E-state index is 13.6. The van der Waals surface area contributed by atoms with E-state index < -0.39 is 78.5 Å². The summed E-state index contributed by atoms with van der Waals surface area (Å²) < 4.78 is 0. The van der Waals surface area contributed by atoms with E-state index in [2.05, 4.69) is 42.5 Å². The van der Waals surface area contributed by atoms with Crippen molar-refractivity contribution in [2.45, 2.75) is 132 Å². The lowest BCUT2D eigenvalue weighted by atomic mass is 9.78. The zero-order valence-corrected chi connectivity index (χ0v) is 36.7. The molecule has 20 nitrogen and oxygen atoms in total. The summed E-state index contributed by atoms with van der Waals surface area (Å²) in [6, 6.07) is 5.86. The molecule has 3 fully saturated rings. The predicted octanol–water partition coefficient (Wildman–Crippen LogP) is -0.475. The highest BCUT2D eigenvalue weighted by Gasteiger charge is 2.42. The molecule has 7 atom stereocenters. The van der Waals surface area contributed by atoms with Crippen LogP contribution in [-0.2, 0) is 44.8 Å². The van der Waals surface area contributed by atoms with Crippen LogP contribution in [0.3, 0.4) is 0 Å². The summed E-state index contributed by atoms with van der Waals surface area (Å²) >= 11 is 1.84. The minimum absolute atomic E-state index is 0.0745. The van der Waals surface area contributed by atoms with Crippen LogP contribution in [0.25, 0.3) is 0 Å². The van der Waals surface area contributed by atoms with Crippen LogP contribution in [0.2, 0.25) is 0 Å². The van der Waals surface area contributed by atoms with Crippen LogP contribution in [0.5, 0.6) is 0 Å². The van der Waals surface area contributed by atoms with Gasteiger partial charge in [-0.3, -0.25) is 43.6 Å². The lowest BCUT2D eigenvalue weighted by molar-refractivity contribution is -0.138. The fourth-order valence-corrected chi connectivity index (χ4v) is 9.67. The molecule has 1 unspecified atom stereocenters. The first-order valence-corrected chi connectivity index (χ1v) is 22.9. The normalized spacial score (nSPS) is 20.0. The number of hydroxylamine groups is 1. The van der Waals surface area contributed by atoms with E-state index in [1.165, 1.54) is 6.92 Å². The first-order chi connectivity index (χ1) is 30.2. The Morgan fingerprint density at radius 1 is 0.778 bits per heavy atom. The number of fused-ring (bicyclic) bond motifs is 1. The zero-order chi connectivity index (χ0) is 45.7. The van der Waals surface area contributed by atoms with Crippen molar-refractivity contribution < 1.29 is 48.4 Å². The number of thioether (sulfide) groups is 1. The van der Waals surface area contributed by atoms with Gasteiger partial charge >= 0.3 is 6.03 Å². The number of hydrogen-bond acceptors (Lipinski definition) is 11. The average Bonchev–Trinajstić information content (AvgIpc) is 3.83. The van der Waals surface area contributed by atoms with Gasteiger partial charge in [0, 0.05) is 42.7 Å². The summed E-state index contributed by atoms with van der Waals surface area (Å²) in [6.07, 6.45) is 8.24. The Balaban J connectivity index is 1.12. The Morgan fingerprint density at radius 2 is 1.51 bits per heavy atom. The highest BCUT2D eigenvalue weighted by atomic mass is 32.2. The second-order valence-electron chi connectivity index (χ2n) is 16.5. The SMILES string of the molecule is C[C@H](NC(=O)[C@H](Cc1ccccc1)NC(=O)C(CC(=O)NO)C1CCCCC1)C(=O)NCC(=O)NCC(=O)N[C@@H](CCCCNC(=O)CCCC[C@@H]1SC[C@@H]2NC(=O)N[C@@H]21)C(N)=O. The van der Waals surface area contributed by atoms with E-state index in [9.17, 15) is 43.2 Å². The van der Waals surface area contributed by atoms with Crippen molar-refractivity contribution in [1.29, 1.82) is 0 Å². The molecule has 10 amide bonds. The Morgan fingerprint density at radius 3 is 2.22 bits per heavy atom. The molecule has 4 rings (SSSR count). The number of carbonyl (C=O) groups excluding carboxylic acids is 9. The van der Waals surface area contributed by atoms with Gasteiger partial charge in [0.15, 0.2) is 0 Å². The fraction of sp³-hybridized carbons (Fsp3) is 0.643. The molecule has 12 N–H and O–H groups in total. The van der Waals surface area contributed by atoms with Crippen molar-refractivity contribution in [2.75, 3.05) is 25.4 Å². The fourth-order valence-electron chi connectivity index (χ4n) is 8.13. The summed E-state index contributed by atoms with van der Waals surface area (Å²) in [5.74, 6) is -4.84. The van der Waals surface area contributed by atoms with Crippen molar-refractivity contribution in [3.05, 3.63) is 35.9 Å². The highest BCUT2D eigenvalue weighted by Crippen LogP contribution is 2.34. The number of benzene rings is 1. The quantitative estimate of drug-likeness (QED) is 0.0244. The third-order valence-corrected chi connectivity index (χ3v) is 13.1. The molecule has 21 heteroatoms. The highest BCUT2D eigenvalue weighted by molar-refractivity contribution is 8.00. The van der Waals surface area contributed by atoms with Crippen LogP contribution in [0.15, 0.2) is 30.3 Å². The smallest absolute Gasteiger partial charge is 0.315 e. The van der Waals surface area contributed by atoms with E-state index in [0.717, 1.165) is 62.7 Å². The van der Waals surface area contributed by atoms with Crippen LogP contribution in [0.1, 0.15) is 96.0 Å². The molecule has 0 bridgehead atoms. The Hall–Kier alpha value is -5.44. The van der Waals surface area contributed by atoms with Gasteiger partial charge in [-0.15, -0.1) is 0 Å². The van der Waals surface area contributed by atoms with Gasteiger partial charge in [0.2, 0.25) is 47.3 Å². The van der Waals surface area contributed by atoms with Crippen LogP contribution in [0.4, 0.5) is 4.79 Å². The lowest BCUT2D eigenvalue weighted by Crippen LogP contribution is -2.55. The molecule has 2 saturated heterocycles. The topological polar surface area (TPSA) is 308 Å². The third-order valence-electron chi connectivity index (χ3n) is 11.6. The molecule has 0 radical (unpaired) electrons. The summed E-state index contributed by atoms with van der Waals surface area (Å²) in [7, 11) is 0. The number of carbonyl (C=O) groups is 9. The van der Waals surface area contributed by atoms with E-state index in [1.807, 2.05) is 11.8 Å². The largest absolute Gasteiger partial charge is 0.368 e. The number of primary amides is 1. The molecule has 3 aliphatic rings. The van der Waals surface area contributed by atoms with Crippen LogP contribution >= 0.6 is 11.8 Å². The number of urea groups is 1. The summed E-state index contributed by atoms with van der Waals surface area (Å²) in [5, 5.41) is 30.9. The van der Waals surface area contributed by atoms with Gasteiger partial charge in [0.1, 0.15) is 18.1 Å². The monoisotopic (exact) mass is 900 g/mol. The minimum Gasteiger partial charge on any atom is -0.368 e. The van der Waals surface area contributed by atoms with Crippen molar-refractivity contribution >= 4 is 65.1 Å². The van der Waals surface area contributed by atoms with Crippen molar-refractivity contribution in [3.8, 4) is 0 Å². The summed E-state index contributed by atoms with van der Waals surface area (Å²) in [4.78, 5) is 113. The van der Waals surface area contributed by atoms with E-state index in [-0.39, 0.29) is 49.2 Å². The van der Waals surface area contributed by atoms with Crippen LogP contribution < -0.4 is 53.7 Å². The van der Waals surface area contributed by atoms with E-state index in [1.54, 1.807) is 35.8 Å². The molecule has 348 valence electrons. The maximum atomic E-state index is 13.6. The number of unbranched alkanes of at least 4 members (excludes halogenated alkanes) is 2. The molecule has 2 aliphatic heterocycles. The number of nitrogens with one attached hydrogen (secondary N) is 9. The second-order valence-corrected chi connectivity index (χ2v) is 17.7. The van der Waals surface area contributed by atoms with E-state index in [4.69, 9.17) is 10.9 Å². The van der Waals surface area contributed by atoms with Crippen LogP contribution in [-0.4, -0.2) is 119 Å². The van der Waals surface area contributed by atoms with Gasteiger partial charge in [-0.05, 0) is 63.4 Å². The van der Waals surface area contributed by atoms with Gasteiger partial charge in [-0.2, -0.15) is 11.8 Å². The molecule has 2 heterocycles.